The number of aromatic nitrogens is 2. The van der Waals surface area contributed by atoms with Gasteiger partial charge in [-0.3, -0.25) is 4.79 Å². The molecule has 0 bridgehead atoms. The van der Waals surface area contributed by atoms with Gasteiger partial charge in [0.2, 0.25) is 15.9 Å². The highest BCUT2D eigenvalue weighted by Crippen LogP contribution is 2.25. The number of carbonyl (C=O) groups is 1. The first-order chi connectivity index (χ1) is 15.3. The lowest BCUT2D eigenvalue weighted by atomic mass is 10.2. The summed E-state index contributed by atoms with van der Waals surface area (Å²) in [6.45, 7) is 3.15. The number of nitrogens with zero attached hydrogens (tertiary/aromatic N) is 4. The van der Waals surface area contributed by atoms with E-state index in [1.165, 1.54) is 0 Å². The van der Waals surface area contributed by atoms with Crippen molar-refractivity contribution in [3.63, 3.8) is 0 Å². The molecule has 1 aliphatic heterocycles. The lowest BCUT2D eigenvalue weighted by molar-refractivity contribution is -0.118. The summed E-state index contributed by atoms with van der Waals surface area (Å²) in [5.41, 5.74) is 3.47. The van der Waals surface area contributed by atoms with Crippen molar-refractivity contribution in [3.8, 4) is 0 Å². The van der Waals surface area contributed by atoms with Gasteiger partial charge in [-0.05, 0) is 55.7 Å². The highest BCUT2D eigenvalue weighted by atomic mass is 32.2. The van der Waals surface area contributed by atoms with E-state index < -0.39 is 10.0 Å². The number of imidazole rings is 1. The molecule has 32 heavy (non-hydrogen) atoms. The van der Waals surface area contributed by atoms with Gasteiger partial charge in [-0.25, -0.2) is 13.4 Å². The Morgan fingerprint density at radius 3 is 2.56 bits per heavy atom. The molecule has 2 heterocycles. The molecule has 2 aromatic carbocycles. The fourth-order valence-electron chi connectivity index (χ4n) is 4.23. The van der Waals surface area contributed by atoms with Gasteiger partial charge in [0.15, 0.2) is 0 Å². The molecule has 0 atom stereocenters. The second kappa shape index (κ2) is 9.03. The monoisotopic (exact) mass is 454 g/mol. The number of rotatable bonds is 6. The number of sulfonamides is 1. The second-order valence-electron chi connectivity index (χ2n) is 8.49. The minimum absolute atomic E-state index is 0.0102. The van der Waals surface area contributed by atoms with Gasteiger partial charge in [-0.2, -0.15) is 4.31 Å². The third-order valence-corrected chi connectivity index (χ3v) is 8.12. The zero-order valence-corrected chi connectivity index (χ0v) is 19.7. The highest BCUT2D eigenvalue weighted by Gasteiger charge is 2.26. The van der Waals surface area contributed by atoms with Gasteiger partial charge in [0.05, 0.1) is 15.9 Å². The van der Waals surface area contributed by atoms with E-state index in [4.69, 9.17) is 0 Å². The topological polar surface area (TPSA) is 75.5 Å². The first-order valence-electron chi connectivity index (χ1n) is 11.1. The minimum Gasteiger partial charge on any atom is -0.331 e. The molecule has 1 aliphatic rings. The summed E-state index contributed by atoms with van der Waals surface area (Å²) in [7, 11) is 0.178. The lowest BCUT2D eigenvalue weighted by Crippen LogP contribution is -2.35. The van der Waals surface area contributed by atoms with Crippen LogP contribution >= 0.6 is 0 Å². The normalized spacial score (nSPS) is 15.2. The molecular formula is C24H30N4O3S. The standard InChI is InChI=1S/C24H30N4O3S/c1-18-8-7-9-19(16-18)26(2)24(29)13-12-23-25-21-17-20(10-11-22(21)27(23)3)32(30,31)28-14-5-4-6-15-28/h7-11,16-17H,4-6,12-15H2,1-3H3. The number of piperidine rings is 1. The first-order valence-corrected chi connectivity index (χ1v) is 12.5. The predicted octanol–water partition coefficient (Wildman–Crippen LogP) is 3.65. The van der Waals surface area contributed by atoms with Crippen LogP contribution in [0.25, 0.3) is 11.0 Å². The van der Waals surface area contributed by atoms with Gasteiger partial charge in [-0.1, -0.05) is 18.6 Å². The van der Waals surface area contributed by atoms with Crippen LogP contribution in [0.5, 0.6) is 0 Å². The van der Waals surface area contributed by atoms with Gasteiger partial charge in [0, 0.05) is 45.7 Å². The fraction of sp³-hybridized carbons (Fsp3) is 0.417. The van der Waals surface area contributed by atoms with Crippen molar-refractivity contribution in [1.29, 1.82) is 0 Å². The predicted molar refractivity (Wildman–Crippen MR) is 126 cm³/mol. The maximum atomic E-state index is 13.0. The Bertz CT molecular complexity index is 1240. The summed E-state index contributed by atoms with van der Waals surface area (Å²) < 4.78 is 29.5. The molecule has 0 unspecified atom stereocenters. The van der Waals surface area contributed by atoms with E-state index in [-0.39, 0.29) is 10.8 Å². The van der Waals surface area contributed by atoms with E-state index in [1.807, 2.05) is 48.9 Å². The minimum atomic E-state index is -3.50. The Morgan fingerprint density at radius 1 is 1.09 bits per heavy atom. The smallest absolute Gasteiger partial charge is 0.243 e. The number of benzene rings is 2. The van der Waals surface area contributed by atoms with Crippen molar-refractivity contribution >= 4 is 32.7 Å². The number of anilines is 1. The molecule has 0 radical (unpaired) electrons. The summed E-state index contributed by atoms with van der Waals surface area (Å²) in [6.07, 6.45) is 3.68. The number of fused-ring (bicyclic) bond motifs is 1. The first kappa shape index (κ1) is 22.5. The Hall–Kier alpha value is -2.71. The van der Waals surface area contributed by atoms with Gasteiger partial charge in [0.1, 0.15) is 5.82 Å². The van der Waals surface area contributed by atoms with E-state index >= 15 is 0 Å². The van der Waals surface area contributed by atoms with Crippen molar-refractivity contribution in [2.24, 2.45) is 7.05 Å². The van der Waals surface area contributed by atoms with Gasteiger partial charge < -0.3 is 9.47 Å². The number of carbonyl (C=O) groups excluding carboxylic acids is 1. The quantitative estimate of drug-likeness (QED) is 0.570. The van der Waals surface area contributed by atoms with Crippen molar-refractivity contribution < 1.29 is 13.2 Å². The van der Waals surface area contributed by atoms with Crippen molar-refractivity contribution in [1.82, 2.24) is 13.9 Å². The number of hydrogen-bond donors (Lipinski definition) is 0. The average Bonchev–Trinajstić information content (AvgIpc) is 3.12. The fourth-order valence-corrected chi connectivity index (χ4v) is 5.77. The van der Waals surface area contributed by atoms with Crippen molar-refractivity contribution in [2.75, 3.05) is 25.0 Å². The van der Waals surface area contributed by atoms with E-state index in [1.54, 1.807) is 28.4 Å². The number of aryl methyl sites for hydroxylation is 3. The van der Waals surface area contributed by atoms with E-state index in [2.05, 4.69) is 4.98 Å². The molecule has 1 fully saturated rings. The largest absolute Gasteiger partial charge is 0.331 e. The third kappa shape index (κ3) is 4.42. The molecule has 8 heteroatoms. The lowest BCUT2D eigenvalue weighted by Gasteiger charge is -2.25. The maximum Gasteiger partial charge on any atom is 0.243 e. The Morgan fingerprint density at radius 2 is 1.84 bits per heavy atom. The molecule has 4 rings (SSSR count). The molecule has 3 aromatic rings. The zero-order chi connectivity index (χ0) is 22.9. The molecule has 0 aliphatic carbocycles. The van der Waals surface area contributed by atoms with Crippen LogP contribution in [0.2, 0.25) is 0 Å². The SMILES string of the molecule is Cc1cccc(N(C)C(=O)CCc2nc3cc(S(=O)(=O)N4CCCCC4)ccc3n2C)c1. The van der Waals surface area contributed by atoms with Gasteiger partial charge >= 0.3 is 0 Å². The second-order valence-corrected chi connectivity index (χ2v) is 10.4. The van der Waals surface area contributed by atoms with Crippen LogP contribution in [0, 0.1) is 6.92 Å². The molecule has 0 spiro atoms. The summed E-state index contributed by atoms with van der Waals surface area (Å²) in [5, 5.41) is 0. The van der Waals surface area contributed by atoms with Crippen molar-refractivity contribution in [3.05, 3.63) is 53.9 Å². The molecule has 1 saturated heterocycles. The molecule has 7 nitrogen and oxygen atoms in total. The summed E-state index contributed by atoms with van der Waals surface area (Å²) in [6, 6.07) is 13.0. The van der Waals surface area contributed by atoms with Crippen LogP contribution in [-0.4, -0.2) is 48.3 Å². The van der Waals surface area contributed by atoms with Crippen LogP contribution < -0.4 is 4.90 Å². The van der Waals surface area contributed by atoms with Crippen LogP contribution in [0.15, 0.2) is 47.4 Å². The Labute approximate surface area is 189 Å². The van der Waals surface area contributed by atoms with E-state index in [9.17, 15) is 13.2 Å². The third-order valence-electron chi connectivity index (χ3n) is 6.22. The molecular weight excluding hydrogens is 424 g/mol. The Balaban J connectivity index is 1.51. The van der Waals surface area contributed by atoms with Crippen LogP contribution in [0.4, 0.5) is 5.69 Å². The highest BCUT2D eigenvalue weighted by molar-refractivity contribution is 7.89. The summed E-state index contributed by atoms with van der Waals surface area (Å²) >= 11 is 0. The summed E-state index contributed by atoms with van der Waals surface area (Å²) in [5.74, 6) is 0.773. The molecule has 170 valence electrons. The van der Waals surface area contributed by atoms with Crippen LogP contribution in [0.1, 0.15) is 37.1 Å². The van der Waals surface area contributed by atoms with Crippen LogP contribution in [-0.2, 0) is 28.3 Å². The zero-order valence-electron chi connectivity index (χ0n) is 18.9. The average molecular weight is 455 g/mol. The van der Waals surface area contributed by atoms with Gasteiger partial charge in [0.25, 0.3) is 0 Å². The number of amides is 1. The summed E-state index contributed by atoms with van der Waals surface area (Å²) in [4.78, 5) is 19.3. The molecule has 1 amide bonds. The van der Waals surface area contributed by atoms with E-state index in [0.717, 1.165) is 41.9 Å². The van der Waals surface area contributed by atoms with Crippen molar-refractivity contribution in [2.45, 2.75) is 43.9 Å². The molecule has 0 saturated carbocycles. The Kier molecular flexibility index (Phi) is 6.35. The molecule has 0 N–H and O–H groups in total. The number of hydrogen-bond acceptors (Lipinski definition) is 4. The maximum absolute atomic E-state index is 13.0. The van der Waals surface area contributed by atoms with E-state index in [0.29, 0.717) is 31.4 Å². The molecule has 1 aromatic heterocycles. The van der Waals surface area contributed by atoms with Gasteiger partial charge in [-0.15, -0.1) is 0 Å². The van der Waals surface area contributed by atoms with Crippen LogP contribution in [0.3, 0.4) is 0 Å².